The molecule has 5 nitrogen and oxygen atoms in total. The van der Waals surface area contributed by atoms with Gasteiger partial charge in [-0.3, -0.25) is 9.59 Å². The molecule has 0 aromatic heterocycles. The molecule has 6 heteroatoms. The lowest BCUT2D eigenvalue weighted by Gasteiger charge is -2.18. The third kappa shape index (κ3) is 5.15. The molecule has 22 heavy (non-hydrogen) atoms. The van der Waals surface area contributed by atoms with Crippen molar-refractivity contribution in [2.24, 2.45) is 0 Å². The molecule has 0 aliphatic heterocycles. The summed E-state index contributed by atoms with van der Waals surface area (Å²) in [6, 6.07) is 3.37. The van der Waals surface area contributed by atoms with Gasteiger partial charge in [-0.2, -0.15) is 0 Å². The van der Waals surface area contributed by atoms with Gasteiger partial charge in [0.25, 0.3) is 5.91 Å². The number of esters is 1. The van der Waals surface area contributed by atoms with Crippen LogP contribution in [0.25, 0.3) is 0 Å². The van der Waals surface area contributed by atoms with Gasteiger partial charge in [0, 0.05) is 20.9 Å². The second-order valence-electron chi connectivity index (χ2n) is 5.49. The third-order valence-electron chi connectivity index (χ3n) is 3.15. The van der Waals surface area contributed by atoms with Crippen LogP contribution >= 0.6 is 22.6 Å². The van der Waals surface area contributed by atoms with Crippen LogP contribution in [0.15, 0.2) is 12.1 Å². The van der Waals surface area contributed by atoms with Crippen LogP contribution in [0.5, 0.6) is 0 Å². The summed E-state index contributed by atoms with van der Waals surface area (Å²) in [6.07, 6.45) is 0.149. The summed E-state index contributed by atoms with van der Waals surface area (Å²) < 4.78 is 5.79. The molecule has 0 radical (unpaired) electrons. The summed E-state index contributed by atoms with van der Waals surface area (Å²) in [6.45, 7) is 7.87. The number of halogens is 1. The maximum absolute atomic E-state index is 12.5. The average Bonchev–Trinajstić information content (AvgIpc) is 2.36. The largest absolute Gasteiger partial charge is 0.466 e. The molecule has 1 aromatic rings. The van der Waals surface area contributed by atoms with Crippen molar-refractivity contribution in [3.63, 3.8) is 0 Å². The van der Waals surface area contributed by atoms with E-state index < -0.39 is 0 Å². The lowest BCUT2D eigenvalue weighted by atomic mass is 9.94. The Hall–Kier alpha value is -1.31. The van der Waals surface area contributed by atoms with Gasteiger partial charge in [-0.05, 0) is 60.1 Å². The second-order valence-corrected chi connectivity index (χ2v) is 6.74. The molecule has 3 N–H and O–H groups in total. The molecule has 0 saturated carbocycles. The number of carbonyl (C=O) groups is 2. The van der Waals surface area contributed by atoms with Crippen molar-refractivity contribution in [2.75, 3.05) is 12.3 Å². The fraction of sp³-hybridized carbons (Fsp3) is 0.500. The minimum Gasteiger partial charge on any atom is -0.466 e. The van der Waals surface area contributed by atoms with E-state index in [0.29, 0.717) is 17.9 Å². The lowest BCUT2D eigenvalue weighted by molar-refractivity contribution is -0.143. The third-order valence-corrected chi connectivity index (χ3v) is 3.78. The summed E-state index contributed by atoms with van der Waals surface area (Å²) in [5.74, 6) is -0.398. The van der Waals surface area contributed by atoms with E-state index in [0.717, 1.165) is 9.13 Å². The summed E-state index contributed by atoms with van der Waals surface area (Å²) in [4.78, 5) is 24.0. The number of anilines is 1. The fourth-order valence-electron chi connectivity index (χ4n) is 2.29. The van der Waals surface area contributed by atoms with E-state index in [1.54, 1.807) is 13.8 Å². The van der Waals surface area contributed by atoms with Crippen molar-refractivity contribution in [3.05, 3.63) is 26.8 Å². The predicted octanol–water partition coefficient (Wildman–Crippen LogP) is 3.07. The minimum atomic E-state index is -0.318. The first-order chi connectivity index (χ1) is 10.3. The summed E-state index contributed by atoms with van der Waals surface area (Å²) in [7, 11) is 0. The van der Waals surface area contributed by atoms with Gasteiger partial charge >= 0.3 is 5.97 Å². The van der Waals surface area contributed by atoms with Crippen molar-refractivity contribution in [1.29, 1.82) is 0 Å². The minimum absolute atomic E-state index is 0.137. The molecule has 1 rings (SSSR count). The quantitative estimate of drug-likeness (QED) is 0.423. The van der Waals surface area contributed by atoms with Crippen LogP contribution in [0.3, 0.4) is 0 Å². The van der Waals surface area contributed by atoms with Crippen molar-refractivity contribution < 1.29 is 14.3 Å². The van der Waals surface area contributed by atoms with Gasteiger partial charge < -0.3 is 15.8 Å². The van der Waals surface area contributed by atoms with E-state index in [9.17, 15) is 9.59 Å². The standard InChI is InChI=1S/C16H23IN2O3/c1-5-22-14(20)6-10(4)19-16(21)12-7-11(17)8-13(18)15(12)9(2)3/h7-10H,5-6,18H2,1-4H3,(H,19,21). The zero-order valence-electron chi connectivity index (χ0n) is 13.4. The van der Waals surface area contributed by atoms with Gasteiger partial charge in [0.2, 0.25) is 0 Å². The van der Waals surface area contributed by atoms with E-state index >= 15 is 0 Å². The van der Waals surface area contributed by atoms with E-state index in [2.05, 4.69) is 27.9 Å². The summed E-state index contributed by atoms with van der Waals surface area (Å²) in [5.41, 5.74) is 8.07. The van der Waals surface area contributed by atoms with Crippen LogP contribution in [0.1, 0.15) is 56.0 Å². The van der Waals surface area contributed by atoms with Crippen LogP contribution in [0.4, 0.5) is 5.69 Å². The molecule has 0 bridgehead atoms. The van der Waals surface area contributed by atoms with Crippen molar-refractivity contribution in [1.82, 2.24) is 5.32 Å². The Morgan fingerprint density at radius 3 is 2.50 bits per heavy atom. The Balaban J connectivity index is 2.91. The van der Waals surface area contributed by atoms with Crippen LogP contribution in [0, 0.1) is 3.57 Å². The smallest absolute Gasteiger partial charge is 0.307 e. The van der Waals surface area contributed by atoms with E-state index in [1.165, 1.54) is 0 Å². The number of nitrogens with one attached hydrogen (secondary N) is 1. The highest BCUT2D eigenvalue weighted by Gasteiger charge is 2.20. The Bertz CT molecular complexity index is 559. The Morgan fingerprint density at radius 1 is 1.32 bits per heavy atom. The molecule has 0 aliphatic carbocycles. The molecular weight excluding hydrogens is 395 g/mol. The summed E-state index contributed by atoms with van der Waals surface area (Å²) in [5, 5.41) is 2.84. The van der Waals surface area contributed by atoms with Gasteiger partial charge in [-0.25, -0.2) is 0 Å². The molecule has 1 amide bonds. The molecule has 1 unspecified atom stereocenters. The number of ether oxygens (including phenoxy) is 1. The predicted molar refractivity (Wildman–Crippen MR) is 95.8 cm³/mol. The average molecular weight is 418 g/mol. The molecule has 0 aliphatic rings. The van der Waals surface area contributed by atoms with Crippen LogP contribution in [-0.2, 0) is 9.53 Å². The van der Waals surface area contributed by atoms with E-state index in [-0.39, 0.29) is 30.3 Å². The zero-order chi connectivity index (χ0) is 16.9. The number of hydrogen-bond acceptors (Lipinski definition) is 4. The second kappa shape index (κ2) is 8.36. The maximum Gasteiger partial charge on any atom is 0.307 e. The number of hydrogen-bond donors (Lipinski definition) is 2. The van der Waals surface area contributed by atoms with Crippen LogP contribution in [-0.4, -0.2) is 24.5 Å². The number of amides is 1. The van der Waals surface area contributed by atoms with E-state index in [4.69, 9.17) is 10.5 Å². The Kier molecular flexibility index (Phi) is 7.12. The number of rotatable bonds is 6. The highest BCUT2D eigenvalue weighted by molar-refractivity contribution is 14.1. The zero-order valence-corrected chi connectivity index (χ0v) is 15.6. The van der Waals surface area contributed by atoms with Gasteiger partial charge in [-0.15, -0.1) is 0 Å². The Morgan fingerprint density at radius 2 is 1.95 bits per heavy atom. The first-order valence-corrected chi connectivity index (χ1v) is 8.39. The topological polar surface area (TPSA) is 81.4 Å². The molecule has 0 fully saturated rings. The monoisotopic (exact) mass is 418 g/mol. The lowest BCUT2D eigenvalue weighted by Crippen LogP contribution is -2.35. The van der Waals surface area contributed by atoms with Gasteiger partial charge in [0.15, 0.2) is 0 Å². The van der Waals surface area contributed by atoms with E-state index in [1.807, 2.05) is 26.0 Å². The SMILES string of the molecule is CCOC(=O)CC(C)NC(=O)c1cc(I)cc(N)c1C(C)C. The molecule has 122 valence electrons. The van der Waals surface area contributed by atoms with Crippen LogP contribution in [0.2, 0.25) is 0 Å². The van der Waals surface area contributed by atoms with Crippen molar-refractivity contribution in [2.45, 2.75) is 46.1 Å². The molecule has 1 aromatic carbocycles. The summed E-state index contributed by atoms with van der Waals surface area (Å²) >= 11 is 2.13. The Labute approximate surface area is 145 Å². The fourth-order valence-corrected chi connectivity index (χ4v) is 2.94. The molecule has 0 heterocycles. The van der Waals surface area contributed by atoms with Crippen molar-refractivity contribution in [3.8, 4) is 0 Å². The molecular formula is C16H23IN2O3. The first-order valence-electron chi connectivity index (χ1n) is 7.31. The van der Waals surface area contributed by atoms with Gasteiger partial charge in [0.05, 0.1) is 13.0 Å². The van der Waals surface area contributed by atoms with Crippen LogP contribution < -0.4 is 11.1 Å². The number of nitrogens with two attached hydrogens (primary N) is 1. The molecule has 0 spiro atoms. The first kappa shape index (κ1) is 18.7. The highest BCUT2D eigenvalue weighted by atomic mass is 127. The maximum atomic E-state index is 12.5. The molecule has 1 atom stereocenters. The number of benzene rings is 1. The van der Waals surface area contributed by atoms with Gasteiger partial charge in [-0.1, -0.05) is 13.8 Å². The van der Waals surface area contributed by atoms with Gasteiger partial charge in [0.1, 0.15) is 0 Å². The molecule has 0 saturated heterocycles. The van der Waals surface area contributed by atoms with Crippen molar-refractivity contribution >= 4 is 40.2 Å². The normalized spacial score (nSPS) is 12.1. The highest BCUT2D eigenvalue weighted by Crippen LogP contribution is 2.28. The number of nitrogen functional groups attached to an aromatic ring is 1. The number of carbonyl (C=O) groups excluding carboxylic acids is 2.